The van der Waals surface area contributed by atoms with Crippen LogP contribution < -0.4 is 0 Å². The number of benzene rings is 1. The zero-order chi connectivity index (χ0) is 13.6. The van der Waals surface area contributed by atoms with Crippen LogP contribution in [0.1, 0.15) is 5.56 Å². The molecule has 2 heterocycles. The van der Waals surface area contributed by atoms with Crippen molar-refractivity contribution in [2.75, 3.05) is 0 Å². The minimum atomic E-state index is 0.630. The Morgan fingerprint density at radius 2 is 2.05 bits per heavy atom. The summed E-state index contributed by atoms with van der Waals surface area (Å²) in [5.74, 6) is 0. The Hall–Kier alpha value is -0.980. The number of nitrogens with one attached hydrogen (secondary N) is 1. The monoisotopic (exact) mass is 397 g/mol. The largest absolute Gasteiger partial charge is 0.329 e. The lowest BCUT2D eigenvalue weighted by atomic mass is 10.2. The summed E-state index contributed by atoms with van der Waals surface area (Å²) in [5, 5.41) is 0. The second-order valence-corrected chi connectivity index (χ2v) is 6.40. The van der Waals surface area contributed by atoms with Gasteiger partial charge < -0.3 is 4.98 Å². The van der Waals surface area contributed by atoms with Crippen LogP contribution in [-0.4, -0.2) is 14.5 Å². The number of fused-ring (bicyclic) bond motifs is 1. The average Bonchev–Trinajstić information content (AvgIpc) is 2.65. The number of hydrogen-bond donors (Lipinski definition) is 1. The fourth-order valence-corrected chi connectivity index (χ4v) is 3.28. The molecule has 1 aromatic carbocycles. The van der Waals surface area contributed by atoms with Crippen molar-refractivity contribution >= 4 is 55.2 Å². The Morgan fingerprint density at radius 3 is 2.79 bits per heavy atom. The van der Waals surface area contributed by atoms with E-state index in [0.717, 1.165) is 25.8 Å². The predicted octanol–water partition coefficient (Wildman–Crippen LogP) is 4.92. The Labute approximate surface area is 131 Å². The molecule has 0 aliphatic carbocycles. The van der Waals surface area contributed by atoms with E-state index in [2.05, 4.69) is 60.9 Å². The van der Waals surface area contributed by atoms with Crippen molar-refractivity contribution in [3.8, 4) is 5.69 Å². The maximum Gasteiger partial charge on any atom is 0.184 e. The van der Waals surface area contributed by atoms with Gasteiger partial charge in [-0.05, 0) is 74.8 Å². The van der Waals surface area contributed by atoms with Crippen LogP contribution in [0.2, 0.25) is 0 Å². The molecule has 0 atom stereocenters. The van der Waals surface area contributed by atoms with E-state index in [4.69, 9.17) is 12.2 Å². The number of hydrogen-bond acceptors (Lipinski definition) is 2. The molecule has 0 fully saturated rings. The molecule has 0 bridgehead atoms. The van der Waals surface area contributed by atoms with Crippen LogP contribution in [0.3, 0.4) is 0 Å². The summed E-state index contributed by atoms with van der Waals surface area (Å²) in [5.41, 5.74) is 3.90. The molecular weight excluding hydrogens is 390 g/mol. The van der Waals surface area contributed by atoms with Gasteiger partial charge in [0.2, 0.25) is 0 Å². The molecule has 0 amide bonds. The third-order valence-electron chi connectivity index (χ3n) is 2.83. The predicted molar refractivity (Wildman–Crippen MR) is 86.4 cm³/mol. The van der Waals surface area contributed by atoms with Crippen molar-refractivity contribution in [3.63, 3.8) is 0 Å². The first-order chi connectivity index (χ1) is 9.06. The topological polar surface area (TPSA) is 33.6 Å². The SMILES string of the molecule is Cc1ccc(-n2c(=S)[nH]c3cc(Br)cnc32)c(Br)c1. The van der Waals surface area contributed by atoms with E-state index in [-0.39, 0.29) is 0 Å². The number of pyridine rings is 1. The summed E-state index contributed by atoms with van der Waals surface area (Å²) in [6, 6.07) is 8.12. The number of imidazole rings is 1. The molecule has 3 aromatic rings. The first-order valence-corrected chi connectivity index (χ1v) is 7.58. The number of nitrogens with zero attached hydrogens (tertiary/aromatic N) is 2. The van der Waals surface area contributed by atoms with Crippen LogP contribution >= 0.6 is 44.1 Å². The van der Waals surface area contributed by atoms with E-state index in [1.54, 1.807) is 6.20 Å². The van der Waals surface area contributed by atoms with E-state index >= 15 is 0 Å². The van der Waals surface area contributed by atoms with Crippen LogP contribution in [-0.2, 0) is 0 Å². The molecule has 3 rings (SSSR count). The molecule has 19 heavy (non-hydrogen) atoms. The highest BCUT2D eigenvalue weighted by atomic mass is 79.9. The van der Waals surface area contributed by atoms with E-state index in [1.165, 1.54) is 5.56 Å². The fourth-order valence-electron chi connectivity index (χ4n) is 1.99. The van der Waals surface area contributed by atoms with Crippen molar-refractivity contribution in [3.05, 3.63) is 49.7 Å². The third-order valence-corrected chi connectivity index (χ3v) is 4.19. The number of aromatic nitrogens is 3. The molecular formula is C13H9Br2N3S. The standard InChI is InChI=1S/C13H9Br2N3S/c1-7-2-3-11(9(15)4-7)18-12-10(17-13(18)19)5-8(14)6-16-12/h2-6H,1H3,(H,17,19). The highest BCUT2D eigenvalue weighted by molar-refractivity contribution is 9.10. The van der Waals surface area contributed by atoms with Crippen LogP contribution in [0.5, 0.6) is 0 Å². The third kappa shape index (κ3) is 2.28. The zero-order valence-corrected chi connectivity index (χ0v) is 13.9. The minimum Gasteiger partial charge on any atom is -0.329 e. The Balaban J connectivity index is 2.36. The van der Waals surface area contributed by atoms with Gasteiger partial charge >= 0.3 is 0 Å². The Bertz CT molecular complexity index is 836. The number of halogens is 2. The van der Waals surface area contributed by atoms with Gasteiger partial charge in [-0.15, -0.1) is 0 Å². The summed E-state index contributed by atoms with van der Waals surface area (Å²) >= 11 is 12.4. The van der Waals surface area contributed by atoms with Crippen LogP contribution in [0, 0.1) is 11.7 Å². The highest BCUT2D eigenvalue weighted by Gasteiger charge is 2.10. The molecule has 3 nitrogen and oxygen atoms in total. The molecule has 0 radical (unpaired) electrons. The van der Waals surface area contributed by atoms with Gasteiger partial charge in [-0.25, -0.2) is 4.98 Å². The molecule has 0 aliphatic heterocycles. The van der Waals surface area contributed by atoms with Crippen molar-refractivity contribution < 1.29 is 0 Å². The van der Waals surface area contributed by atoms with Gasteiger partial charge in [0, 0.05) is 15.1 Å². The highest BCUT2D eigenvalue weighted by Crippen LogP contribution is 2.26. The van der Waals surface area contributed by atoms with Gasteiger partial charge in [-0.2, -0.15) is 0 Å². The molecule has 0 aliphatic rings. The Morgan fingerprint density at radius 1 is 1.26 bits per heavy atom. The van der Waals surface area contributed by atoms with Crippen molar-refractivity contribution in [2.45, 2.75) is 6.92 Å². The molecule has 0 saturated heterocycles. The molecule has 1 N–H and O–H groups in total. The van der Waals surface area contributed by atoms with Gasteiger partial charge in [0.15, 0.2) is 10.4 Å². The van der Waals surface area contributed by atoms with Gasteiger partial charge in [0.05, 0.1) is 11.2 Å². The molecule has 0 spiro atoms. The normalized spacial score (nSPS) is 11.1. The van der Waals surface area contributed by atoms with E-state index in [0.29, 0.717) is 4.77 Å². The van der Waals surface area contributed by atoms with E-state index in [9.17, 15) is 0 Å². The summed E-state index contributed by atoms with van der Waals surface area (Å²) in [7, 11) is 0. The van der Waals surface area contributed by atoms with Crippen LogP contribution in [0.25, 0.3) is 16.9 Å². The van der Waals surface area contributed by atoms with Gasteiger partial charge in [0.1, 0.15) is 0 Å². The lowest BCUT2D eigenvalue weighted by Gasteiger charge is -2.07. The van der Waals surface area contributed by atoms with Gasteiger partial charge in [-0.3, -0.25) is 4.57 Å². The van der Waals surface area contributed by atoms with Gasteiger partial charge in [-0.1, -0.05) is 6.07 Å². The van der Waals surface area contributed by atoms with Crippen molar-refractivity contribution in [1.82, 2.24) is 14.5 Å². The van der Waals surface area contributed by atoms with Crippen molar-refractivity contribution in [1.29, 1.82) is 0 Å². The van der Waals surface area contributed by atoms with E-state index in [1.807, 2.05) is 16.7 Å². The average molecular weight is 399 g/mol. The Kier molecular flexibility index (Phi) is 3.32. The van der Waals surface area contributed by atoms with Crippen LogP contribution in [0.15, 0.2) is 39.4 Å². The van der Waals surface area contributed by atoms with Crippen LogP contribution in [0.4, 0.5) is 0 Å². The van der Waals surface area contributed by atoms with E-state index < -0.39 is 0 Å². The lowest BCUT2D eigenvalue weighted by Crippen LogP contribution is -1.97. The number of aromatic amines is 1. The molecule has 96 valence electrons. The number of H-pyrrole nitrogens is 1. The number of aryl methyl sites for hydroxylation is 1. The summed E-state index contributed by atoms with van der Waals surface area (Å²) in [6.45, 7) is 2.05. The first kappa shape index (κ1) is 13.0. The molecule has 0 unspecified atom stereocenters. The smallest absolute Gasteiger partial charge is 0.184 e. The maximum atomic E-state index is 5.40. The quantitative estimate of drug-likeness (QED) is 0.590. The summed E-state index contributed by atoms with van der Waals surface area (Å²) < 4.78 is 4.48. The number of rotatable bonds is 1. The summed E-state index contributed by atoms with van der Waals surface area (Å²) in [6.07, 6.45) is 1.77. The fraction of sp³-hybridized carbons (Fsp3) is 0.0769. The lowest BCUT2D eigenvalue weighted by molar-refractivity contribution is 1.03. The summed E-state index contributed by atoms with van der Waals surface area (Å²) in [4.78, 5) is 7.61. The maximum absolute atomic E-state index is 5.40. The van der Waals surface area contributed by atoms with Crippen molar-refractivity contribution in [2.24, 2.45) is 0 Å². The zero-order valence-electron chi connectivity index (χ0n) is 9.95. The molecule has 2 aromatic heterocycles. The minimum absolute atomic E-state index is 0.630. The molecule has 0 saturated carbocycles. The second-order valence-electron chi connectivity index (χ2n) is 4.25. The molecule has 6 heteroatoms. The van der Waals surface area contributed by atoms with Gasteiger partial charge in [0.25, 0.3) is 0 Å². The second kappa shape index (κ2) is 4.85. The first-order valence-electron chi connectivity index (χ1n) is 5.59.